The van der Waals surface area contributed by atoms with Crippen molar-refractivity contribution < 1.29 is 32.2 Å². The molecule has 1 N–H and O–H groups in total. The van der Waals surface area contributed by atoms with Gasteiger partial charge in [0.15, 0.2) is 6.61 Å². The van der Waals surface area contributed by atoms with Gasteiger partial charge in [-0.05, 0) is 48.7 Å². The van der Waals surface area contributed by atoms with Crippen LogP contribution in [0.3, 0.4) is 0 Å². The van der Waals surface area contributed by atoms with Crippen molar-refractivity contribution in [2.45, 2.75) is 37.1 Å². The van der Waals surface area contributed by atoms with Crippen LogP contribution in [0.4, 0.5) is 0 Å². The van der Waals surface area contributed by atoms with Crippen LogP contribution >= 0.6 is 0 Å². The third kappa shape index (κ3) is 6.48. The summed E-state index contributed by atoms with van der Waals surface area (Å²) in [5.41, 5.74) is 0.854. The smallest absolute Gasteiger partial charge is 0.338 e. The first-order valence-electron chi connectivity index (χ1n) is 11.1. The zero-order chi connectivity index (χ0) is 24.6. The maximum absolute atomic E-state index is 13.2. The Bertz CT molecular complexity index is 1110. The highest BCUT2D eigenvalue weighted by Crippen LogP contribution is 2.29. The van der Waals surface area contributed by atoms with Crippen LogP contribution in [0.15, 0.2) is 47.4 Å². The maximum Gasteiger partial charge on any atom is 0.338 e. The van der Waals surface area contributed by atoms with Crippen molar-refractivity contribution in [1.82, 2.24) is 9.62 Å². The first kappa shape index (κ1) is 25.5. The molecular weight excluding hydrogens is 460 g/mol. The van der Waals surface area contributed by atoms with E-state index in [0.717, 1.165) is 31.2 Å². The highest BCUT2D eigenvalue weighted by atomic mass is 32.2. The van der Waals surface area contributed by atoms with Gasteiger partial charge in [0.05, 0.1) is 19.8 Å². The average Bonchev–Trinajstić information content (AvgIpc) is 3.16. The number of esters is 1. The Morgan fingerprint density at radius 2 is 1.71 bits per heavy atom. The Labute approximate surface area is 200 Å². The fraction of sp³-hybridized carbons (Fsp3) is 0.417. The van der Waals surface area contributed by atoms with Crippen molar-refractivity contribution in [3.8, 4) is 11.5 Å². The third-order valence-electron chi connectivity index (χ3n) is 5.54. The molecule has 9 nitrogen and oxygen atoms in total. The Hall–Kier alpha value is -3.11. The van der Waals surface area contributed by atoms with E-state index in [9.17, 15) is 18.0 Å². The van der Waals surface area contributed by atoms with Crippen molar-refractivity contribution in [1.29, 1.82) is 0 Å². The molecule has 2 aromatic rings. The summed E-state index contributed by atoms with van der Waals surface area (Å²) in [4.78, 5) is 24.6. The molecule has 0 radical (unpaired) electrons. The number of carbonyl (C=O) groups is 2. The van der Waals surface area contributed by atoms with Gasteiger partial charge in [-0.25, -0.2) is 13.2 Å². The molecule has 1 fully saturated rings. The van der Waals surface area contributed by atoms with Gasteiger partial charge >= 0.3 is 5.97 Å². The van der Waals surface area contributed by atoms with Gasteiger partial charge in [0.1, 0.15) is 16.4 Å². The largest absolute Gasteiger partial charge is 0.497 e. The van der Waals surface area contributed by atoms with Gasteiger partial charge in [-0.1, -0.05) is 25.0 Å². The lowest BCUT2D eigenvalue weighted by Gasteiger charge is -2.21. The van der Waals surface area contributed by atoms with Crippen molar-refractivity contribution in [3.05, 3.63) is 53.6 Å². The lowest BCUT2D eigenvalue weighted by molar-refractivity contribution is -0.124. The zero-order valence-electron chi connectivity index (χ0n) is 19.4. The van der Waals surface area contributed by atoms with E-state index >= 15 is 0 Å². The van der Waals surface area contributed by atoms with E-state index in [1.807, 2.05) is 6.07 Å². The van der Waals surface area contributed by atoms with Gasteiger partial charge in [0, 0.05) is 19.6 Å². The van der Waals surface area contributed by atoms with Crippen molar-refractivity contribution in [2.75, 3.05) is 33.9 Å². The molecule has 10 heteroatoms. The number of methoxy groups -OCH3 is 2. The summed E-state index contributed by atoms with van der Waals surface area (Å²) in [7, 11) is -0.917. The molecule has 2 aromatic carbocycles. The van der Waals surface area contributed by atoms with E-state index < -0.39 is 28.5 Å². The Balaban J connectivity index is 1.64. The summed E-state index contributed by atoms with van der Waals surface area (Å²) in [6, 6.07) is 11.3. The summed E-state index contributed by atoms with van der Waals surface area (Å²) < 4.78 is 43.4. The molecule has 0 unspecified atom stereocenters. The number of amides is 1. The van der Waals surface area contributed by atoms with E-state index in [-0.39, 0.29) is 22.8 Å². The number of carbonyl (C=O) groups excluding carboxylic acids is 2. The molecule has 1 amide bonds. The Morgan fingerprint density at radius 1 is 0.971 bits per heavy atom. The molecule has 184 valence electrons. The molecule has 1 saturated heterocycles. The van der Waals surface area contributed by atoms with Gasteiger partial charge in [-0.15, -0.1) is 0 Å². The zero-order valence-corrected chi connectivity index (χ0v) is 20.2. The van der Waals surface area contributed by atoms with Gasteiger partial charge in [0.25, 0.3) is 5.91 Å². The molecule has 0 aromatic heterocycles. The molecule has 34 heavy (non-hydrogen) atoms. The average molecular weight is 491 g/mol. The van der Waals surface area contributed by atoms with Crippen LogP contribution in [-0.4, -0.2) is 58.5 Å². The van der Waals surface area contributed by atoms with Gasteiger partial charge in [-0.3, -0.25) is 4.79 Å². The lowest BCUT2D eigenvalue weighted by atomic mass is 10.2. The van der Waals surface area contributed by atoms with E-state index in [1.54, 1.807) is 25.3 Å². The standard InChI is InChI=1S/C24H30N2O7S/c1-31-20-9-7-8-18(14-20)16-25-23(27)17-33-24(28)19-10-11-21(32-2)22(15-19)34(29,30)26-12-5-3-4-6-13-26/h7-11,14-15H,3-6,12-13,16-17H2,1-2H3,(H,25,27). The van der Waals surface area contributed by atoms with Crippen LogP contribution in [0.2, 0.25) is 0 Å². The Morgan fingerprint density at radius 3 is 2.38 bits per heavy atom. The second kappa shape index (κ2) is 11.8. The number of sulfonamides is 1. The summed E-state index contributed by atoms with van der Waals surface area (Å²) in [6.07, 6.45) is 3.53. The number of nitrogens with one attached hydrogen (secondary N) is 1. The van der Waals surface area contributed by atoms with Crippen molar-refractivity contribution in [2.24, 2.45) is 0 Å². The minimum atomic E-state index is -3.85. The van der Waals surface area contributed by atoms with Gasteiger partial charge in [0.2, 0.25) is 10.0 Å². The third-order valence-corrected chi connectivity index (χ3v) is 7.46. The molecule has 0 saturated carbocycles. The topological polar surface area (TPSA) is 111 Å². The van der Waals surface area contributed by atoms with E-state index in [4.69, 9.17) is 14.2 Å². The van der Waals surface area contributed by atoms with Crippen molar-refractivity contribution in [3.63, 3.8) is 0 Å². The highest BCUT2D eigenvalue weighted by Gasteiger charge is 2.29. The predicted molar refractivity (Wildman–Crippen MR) is 125 cm³/mol. The number of ether oxygens (including phenoxy) is 3. The van der Waals surface area contributed by atoms with E-state index in [1.165, 1.54) is 29.6 Å². The molecule has 1 aliphatic rings. The van der Waals surface area contributed by atoms with E-state index in [2.05, 4.69) is 5.32 Å². The highest BCUT2D eigenvalue weighted by molar-refractivity contribution is 7.89. The molecule has 3 rings (SSSR count). The first-order valence-corrected chi connectivity index (χ1v) is 12.5. The quantitative estimate of drug-likeness (QED) is 0.538. The van der Waals surface area contributed by atoms with Crippen LogP contribution in [0.5, 0.6) is 11.5 Å². The normalized spacial score (nSPS) is 14.6. The minimum Gasteiger partial charge on any atom is -0.497 e. The SMILES string of the molecule is COc1cccc(CNC(=O)COC(=O)c2ccc(OC)c(S(=O)(=O)N3CCCCCC3)c2)c1. The van der Waals surface area contributed by atoms with Gasteiger partial charge < -0.3 is 19.5 Å². The summed E-state index contributed by atoms with van der Waals surface area (Å²) >= 11 is 0. The summed E-state index contributed by atoms with van der Waals surface area (Å²) in [6.45, 7) is 0.596. The molecule has 0 aliphatic carbocycles. The van der Waals surface area contributed by atoms with Crippen LogP contribution in [0, 0.1) is 0 Å². The molecule has 0 atom stereocenters. The monoisotopic (exact) mass is 490 g/mol. The lowest BCUT2D eigenvalue weighted by Crippen LogP contribution is -2.32. The molecule has 1 heterocycles. The number of hydrogen-bond donors (Lipinski definition) is 1. The number of hydrogen-bond acceptors (Lipinski definition) is 7. The second-order valence-electron chi connectivity index (χ2n) is 7.89. The second-order valence-corrected chi connectivity index (χ2v) is 9.79. The van der Waals surface area contributed by atoms with Crippen LogP contribution in [-0.2, 0) is 26.1 Å². The van der Waals surface area contributed by atoms with Crippen LogP contribution in [0.25, 0.3) is 0 Å². The Kier molecular flexibility index (Phi) is 8.89. The van der Waals surface area contributed by atoms with Gasteiger partial charge in [-0.2, -0.15) is 4.31 Å². The molecule has 1 aliphatic heterocycles. The maximum atomic E-state index is 13.2. The molecular formula is C24H30N2O7S. The molecule has 0 spiro atoms. The van der Waals surface area contributed by atoms with E-state index in [0.29, 0.717) is 18.8 Å². The van der Waals surface area contributed by atoms with Crippen molar-refractivity contribution >= 4 is 21.9 Å². The van der Waals surface area contributed by atoms with Crippen LogP contribution < -0.4 is 14.8 Å². The fourth-order valence-corrected chi connectivity index (χ4v) is 5.37. The summed E-state index contributed by atoms with van der Waals surface area (Å²) in [5, 5.41) is 2.67. The first-order chi connectivity index (χ1) is 16.3. The minimum absolute atomic E-state index is 0.0230. The van der Waals surface area contributed by atoms with Crippen LogP contribution in [0.1, 0.15) is 41.6 Å². The molecule has 0 bridgehead atoms. The number of benzene rings is 2. The number of rotatable bonds is 9. The number of nitrogens with zero attached hydrogens (tertiary/aromatic N) is 1. The fourth-order valence-electron chi connectivity index (χ4n) is 3.67. The predicted octanol–water partition coefficient (Wildman–Crippen LogP) is 2.74. The summed E-state index contributed by atoms with van der Waals surface area (Å²) in [5.74, 6) is -0.464.